The van der Waals surface area contributed by atoms with Gasteiger partial charge in [-0.1, -0.05) is 0 Å². The molecule has 2 heterocycles. The second-order valence-corrected chi connectivity index (χ2v) is 8.32. The van der Waals surface area contributed by atoms with Gasteiger partial charge in [-0.15, -0.1) is 0 Å². The molecule has 7 nitrogen and oxygen atoms in total. The van der Waals surface area contributed by atoms with E-state index in [1.54, 1.807) is 0 Å². The Kier molecular flexibility index (Phi) is 6.29. The van der Waals surface area contributed by atoms with Crippen molar-refractivity contribution in [3.63, 3.8) is 0 Å². The first-order valence-electron chi connectivity index (χ1n) is 10.6. The van der Waals surface area contributed by atoms with Crippen molar-refractivity contribution in [2.75, 3.05) is 32.0 Å². The predicted octanol–water partition coefficient (Wildman–Crippen LogP) is 2.39. The van der Waals surface area contributed by atoms with Crippen LogP contribution in [0.3, 0.4) is 0 Å². The lowest BCUT2D eigenvalue weighted by molar-refractivity contribution is -0.137. The van der Waals surface area contributed by atoms with E-state index in [1.807, 2.05) is 7.05 Å². The molecular weight excluding hydrogens is 409 g/mol. The maximum absolute atomic E-state index is 13.0. The third-order valence-electron chi connectivity index (χ3n) is 6.28. The number of fused-ring (bicyclic) bond motifs is 1. The van der Waals surface area contributed by atoms with E-state index in [0.717, 1.165) is 25.2 Å². The summed E-state index contributed by atoms with van der Waals surface area (Å²) in [6, 6.07) is 4.60. The maximum Gasteiger partial charge on any atom is 0.416 e. The van der Waals surface area contributed by atoms with Crippen molar-refractivity contribution in [1.29, 1.82) is 0 Å². The molecule has 1 saturated carbocycles. The van der Waals surface area contributed by atoms with Gasteiger partial charge in [-0.3, -0.25) is 9.69 Å². The molecule has 4 rings (SSSR count). The Morgan fingerprint density at radius 1 is 1.13 bits per heavy atom. The summed E-state index contributed by atoms with van der Waals surface area (Å²) in [7, 11) is 2.01. The van der Waals surface area contributed by atoms with Gasteiger partial charge in [-0.05, 0) is 50.9 Å². The fourth-order valence-electron chi connectivity index (χ4n) is 4.45. The summed E-state index contributed by atoms with van der Waals surface area (Å²) in [5.74, 6) is 0.00468. The van der Waals surface area contributed by atoms with E-state index < -0.39 is 11.7 Å². The van der Waals surface area contributed by atoms with Crippen molar-refractivity contribution in [2.45, 2.75) is 50.0 Å². The summed E-state index contributed by atoms with van der Waals surface area (Å²) in [6.45, 7) is 1.62. The summed E-state index contributed by atoms with van der Waals surface area (Å²) >= 11 is 0. The van der Waals surface area contributed by atoms with Gasteiger partial charge in [0.1, 0.15) is 12.1 Å². The molecule has 0 bridgehead atoms. The number of nitrogens with one attached hydrogen (secondary N) is 3. The van der Waals surface area contributed by atoms with Crippen LogP contribution in [0.1, 0.15) is 31.2 Å². The van der Waals surface area contributed by atoms with Crippen molar-refractivity contribution in [1.82, 2.24) is 25.5 Å². The SMILES string of the molecule is CN[C@H]1CC[C@@H](N2CC(NC(=O)CNc3ncnc4ccc(C(F)(F)F)cc34)C2)CC1. The quantitative estimate of drug-likeness (QED) is 0.645. The molecule has 1 aromatic heterocycles. The largest absolute Gasteiger partial charge is 0.416 e. The van der Waals surface area contributed by atoms with Crippen molar-refractivity contribution in [2.24, 2.45) is 0 Å². The molecule has 0 atom stereocenters. The highest BCUT2D eigenvalue weighted by molar-refractivity contribution is 5.91. The summed E-state index contributed by atoms with van der Waals surface area (Å²) in [5, 5.41) is 9.40. The summed E-state index contributed by atoms with van der Waals surface area (Å²) in [4.78, 5) is 22.8. The van der Waals surface area contributed by atoms with Gasteiger partial charge >= 0.3 is 6.18 Å². The molecule has 1 aromatic carbocycles. The number of carbonyl (C=O) groups excluding carboxylic acids is 1. The second kappa shape index (κ2) is 8.96. The Labute approximate surface area is 178 Å². The smallest absolute Gasteiger partial charge is 0.360 e. The first kappa shape index (κ1) is 21.8. The summed E-state index contributed by atoms with van der Waals surface area (Å²) < 4.78 is 39.1. The second-order valence-electron chi connectivity index (χ2n) is 8.32. The number of alkyl halides is 3. The van der Waals surface area contributed by atoms with Crippen LogP contribution in [0.25, 0.3) is 10.9 Å². The monoisotopic (exact) mass is 436 g/mol. The lowest BCUT2D eigenvalue weighted by atomic mass is 9.88. The fraction of sp³-hybridized carbons (Fsp3) is 0.571. The zero-order valence-electron chi connectivity index (χ0n) is 17.4. The Bertz CT molecular complexity index is 923. The minimum Gasteiger partial charge on any atom is -0.360 e. The number of nitrogens with zero attached hydrogens (tertiary/aromatic N) is 3. The Balaban J connectivity index is 1.27. The molecule has 168 valence electrons. The average molecular weight is 436 g/mol. The van der Waals surface area contributed by atoms with E-state index in [1.165, 1.54) is 38.1 Å². The van der Waals surface area contributed by atoms with Crippen molar-refractivity contribution < 1.29 is 18.0 Å². The van der Waals surface area contributed by atoms with Gasteiger partial charge in [-0.2, -0.15) is 13.2 Å². The maximum atomic E-state index is 13.0. The van der Waals surface area contributed by atoms with Crippen LogP contribution in [-0.2, 0) is 11.0 Å². The minimum atomic E-state index is -4.46. The molecular formula is C21H27F3N6O. The standard InChI is InChI=1S/C21H27F3N6O/c1-25-14-3-5-16(6-4-14)30-10-15(11-30)29-19(31)9-26-20-17-8-13(21(22,23)24)2-7-18(17)27-12-28-20/h2,7-8,12,14-16,25H,3-6,9-11H2,1H3,(H,29,31)(H,26,27,28)/t14-,16+. The molecule has 2 aromatic rings. The molecule has 1 saturated heterocycles. The molecule has 0 radical (unpaired) electrons. The first-order chi connectivity index (χ1) is 14.8. The van der Waals surface area contributed by atoms with E-state index in [4.69, 9.17) is 0 Å². The van der Waals surface area contributed by atoms with Crippen LogP contribution in [0.15, 0.2) is 24.5 Å². The van der Waals surface area contributed by atoms with Crippen LogP contribution >= 0.6 is 0 Å². The normalized spacial score (nSPS) is 22.8. The van der Waals surface area contributed by atoms with E-state index in [-0.39, 0.29) is 29.7 Å². The number of benzene rings is 1. The molecule has 31 heavy (non-hydrogen) atoms. The molecule has 0 spiro atoms. The molecule has 1 aliphatic carbocycles. The molecule has 2 fully saturated rings. The topological polar surface area (TPSA) is 82.2 Å². The van der Waals surface area contributed by atoms with E-state index in [2.05, 4.69) is 30.8 Å². The van der Waals surface area contributed by atoms with E-state index in [0.29, 0.717) is 17.6 Å². The number of likely N-dealkylation sites (tertiary alicyclic amines) is 1. The highest BCUT2D eigenvalue weighted by Gasteiger charge is 2.35. The van der Waals surface area contributed by atoms with Gasteiger partial charge in [-0.25, -0.2) is 9.97 Å². The number of amides is 1. The van der Waals surface area contributed by atoms with Gasteiger partial charge in [0.2, 0.25) is 5.91 Å². The third-order valence-corrected chi connectivity index (χ3v) is 6.28. The van der Waals surface area contributed by atoms with Crippen LogP contribution in [0, 0.1) is 0 Å². The molecule has 10 heteroatoms. The van der Waals surface area contributed by atoms with Crippen molar-refractivity contribution >= 4 is 22.6 Å². The Morgan fingerprint density at radius 2 is 1.87 bits per heavy atom. The zero-order valence-corrected chi connectivity index (χ0v) is 17.4. The average Bonchev–Trinajstić information content (AvgIpc) is 2.73. The van der Waals surface area contributed by atoms with Crippen LogP contribution in [0.4, 0.5) is 19.0 Å². The van der Waals surface area contributed by atoms with Crippen LogP contribution in [0.5, 0.6) is 0 Å². The van der Waals surface area contributed by atoms with Gasteiger partial charge in [0.15, 0.2) is 0 Å². The van der Waals surface area contributed by atoms with Gasteiger partial charge in [0, 0.05) is 30.6 Å². The van der Waals surface area contributed by atoms with Crippen molar-refractivity contribution in [3.8, 4) is 0 Å². The molecule has 3 N–H and O–H groups in total. The molecule has 1 aliphatic heterocycles. The zero-order chi connectivity index (χ0) is 22.0. The Morgan fingerprint density at radius 3 is 2.55 bits per heavy atom. The number of aromatic nitrogens is 2. The Hall–Kier alpha value is -2.46. The number of hydrogen-bond acceptors (Lipinski definition) is 6. The predicted molar refractivity (Wildman–Crippen MR) is 112 cm³/mol. The number of carbonyl (C=O) groups is 1. The molecule has 0 unspecified atom stereocenters. The summed E-state index contributed by atoms with van der Waals surface area (Å²) in [6.07, 6.45) is 1.52. The van der Waals surface area contributed by atoms with E-state index in [9.17, 15) is 18.0 Å². The third kappa shape index (κ3) is 5.07. The van der Waals surface area contributed by atoms with E-state index >= 15 is 0 Å². The van der Waals surface area contributed by atoms with Gasteiger partial charge in [0.25, 0.3) is 0 Å². The lowest BCUT2D eigenvalue weighted by Crippen LogP contribution is -2.63. The van der Waals surface area contributed by atoms with Crippen LogP contribution < -0.4 is 16.0 Å². The molecule has 1 amide bonds. The van der Waals surface area contributed by atoms with Crippen LogP contribution in [-0.4, -0.2) is 65.6 Å². The number of anilines is 1. The van der Waals surface area contributed by atoms with Crippen LogP contribution in [0.2, 0.25) is 0 Å². The number of rotatable bonds is 6. The highest BCUT2D eigenvalue weighted by Crippen LogP contribution is 2.32. The summed E-state index contributed by atoms with van der Waals surface area (Å²) in [5.41, 5.74) is -0.394. The fourth-order valence-corrected chi connectivity index (χ4v) is 4.45. The molecule has 2 aliphatic rings. The minimum absolute atomic E-state index is 0.0634. The highest BCUT2D eigenvalue weighted by atomic mass is 19.4. The first-order valence-corrected chi connectivity index (χ1v) is 10.6. The number of halogens is 3. The lowest BCUT2D eigenvalue weighted by Gasteiger charge is -2.46. The van der Waals surface area contributed by atoms with Crippen molar-refractivity contribution in [3.05, 3.63) is 30.1 Å². The number of hydrogen-bond donors (Lipinski definition) is 3. The van der Waals surface area contributed by atoms with Gasteiger partial charge in [0.05, 0.1) is 23.7 Å². The van der Waals surface area contributed by atoms with Gasteiger partial charge < -0.3 is 16.0 Å².